The Bertz CT molecular complexity index is 827. The van der Waals surface area contributed by atoms with Crippen LogP contribution in [0.15, 0.2) is 48.5 Å². The van der Waals surface area contributed by atoms with E-state index >= 15 is 0 Å². The number of fused-ring (bicyclic) bond motifs is 3. The molecule has 0 radical (unpaired) electrons. The molecule has 1 fully saturated rings. The van der Waals surface area contributed by atoms with Crippen LogP contribution in [-0.4, -0.2) is 29.8 Å². The summed E-state index contributed by atoms with van der Waals surface area (Å²) in [6, 6.07) is 15.4. The fourth-order valence-corrected chi connectivity index (χ4v) is 4.62. The summed E-state index contributed by atoms with van der Waals surface area (Å²) in [4.78, 5) is 24.0. The zero-order valence-corrected chi connectivity index (χ0v) is 15.8. The molecule has 2 N–H and O–H groups in total. The maximum absolute atomic E-state index is 12.4. The number of aliphatic carboxylic acids is 1. The lowest BCUT2D eigenvalue weighted by Crippen LogP contribution is -2.46. The van der Waals surface area contributed by atoms with E-state index in [0.29, 0.717) is 0 Å². The van der Waals surface area contributed by atoms with Gasteiger partial charge >= 0.3 is 12.1 Å². The van der Waals surface area contributed by atoms with Gasteiger partial charge in [-0.1, -0.05) is 67.8 Å². The minimum atomic E-state index is -0.986. The fraction of sp³-hybridized carbons (Fsp3) is 0.391. The standard InChI is InChI=1S/C23H25NO4/c25-22(26)21(15-8-2-1-3-9-15)24-23(27)28-14-20-18-12-6-4-10-16(18)17-11-5-7-13-19(17)20/h4-7,10-13,15,20-21H,1-3,8-9,14H2,(H,24,27)(H,25,26)/t21-/m1/s1. The van der Waals surface area contributed by atoms with E-state index in [1.165, 1.54) is 0 Å². The third-order valence-electron chi connectivity index (χ3n) is 6.00. The van der Waals surface area contributed by atoms with Gasteiger partial charge in [-0.05, 0) is 41.0 Å². The van der Waals surface area contributed by atoms with Crippen molar-refractivity contribution in [1.29, 1.82) is 0 Å². The zero-order chi connectivity index (χ0) is 19.5. The van der Waals surface area contributed by atoms with Crippen molar-refractivity contribution in [3.05, 3.63) is 59.7 Å². The number of amides is 1. The van der Waals surface area contributed by atoms with E-state index in [9.17, 15) is 14.7 Å². The molecule has 0 aromatic heterocycles. The first-order valence-electron chi connectivity index (χ1n) is 9.99. The van der Waals surface area contributed by atoms with E-state index in [4.69, 9.17) is 4.74 Å². The van der Waals surface area contributed by atoms with Crippen molar-refractivity contribution in [2.24, 2.45) is 5.92 Å². The Kier molecular flexibility index (Phi) is 5.33. The molecule has 0 bridgehead atoms. The molecule has 146 valence electrons. The molecule has 0 unspecified atom stereocenters. The molecule has 5 nitrogen and oxygen atoms in total. The molecule has 2 aromatic carbocycles. The summed E-state index contributed by atoms with van der Waals surface area (Å²) in [6.45, 7) is 0.191. The van der Waals surface area contributed by atoms with Gasteiger partial charge in [-0.2, -0.15) is 0 Å². The third-order valence-corrected chi connectivity index (χ3v) is 6.00. The number of ether oxygens (including phenoxy) is 1. The third kappa shape index (κ3) is 3.61. The number of carbonyl (C=O) groups is 2. The molecule has 1 saturated carbocycles. The molecule has 5 heteroatoms. The monoisotopic (exact) mass is 379 g/mol. The molecule has 2 aliphatic carbocycles. The van der Waals surface area contributed by atoms with Crippen molar-refractivity contribution in [1.82, 2.24) is 5.32 Å². The molecule has 1 atom stereocenters. The summed E-state index contributed by atoms with van der Waals surface area (Å²) < 4.78 is 5.50. The number of rotatable bonds is 5. The number of hydrogen-bond acceptors (Lipinski definition) is 3. The van der Waals surface area contributed by atoms with E-state index < -0.39 is 18.1 Å². The van der Waals surface area contributed by atoms with E-state index in [-0.39, 0.29) is 18.4 Å². The summed E-state index contributed by atoms with van der Waals surface area (Å²) in [6.07, 6.45) is 4.18. The van der Waals surface area contributed by atoms with Gasteiger partial charge in [-0.15, -0.1) is 0 Å². The topological polar surface area (TPSA) is 75.6 Å². The van der Waals surface area contributed by atoms with Crippen molar-refractivity contribution in [2.45, 2.75) is 44.1 Å². The van der Waals surface area contributed by atoms with Crippen LogP contribution in [0, 0.1) is 5.92 Å². The Morgan fingerprint density at radius 2 is 1.54 bits per heavy atom. The molecule has 2 aliphatic rings. The molecule has 0 heterocycles. The summed E-state index contributed by atoms with van der Waals surface area (Å²) in [5.74, 6) is -1.04. The number of nitrogens with one attached hydrogen (secondary N) is 1. The average Bonchev–Trinajstić information content (AvgIpc) is 3.05. The van der Waals surface area contributed by atoms with E-state index in [0.717, 1.165) is 54.4 Å². The largest absolute Gasteiger partial charge is 0.480 e. The van der Waals surface area contributed by atoms with Gasteiger partial charge in [0.05, 0.1) is 0 Å². The second kappa shape index (κ2) is 8.05. The van der Waals surface area contributed by atoms with Gasteiger partial charge in [0.15, 0.2) is 0 Å². The maximum atomic E-state index is 12.4. The number of carbonyl (C=O) groups excluding carboxylic acids is 1. The van der Waals surface area contributed by atoms with Gasteiger partial charge in [0.2, 0.25) is 0 Å². The molecule has 28 heavy (non-hydrogen) atoms. The highest BCUT2D eigenvalue weighted by Crippen LogP contribution is 2.44. The predicted octanol–water partition coefficient (Wildman–Crippen LogP) is 4.56. The first kappa shape index (κ1) is 18.5. The zero-order valence-electron chi connectivity index (χ0n) is 15.8. The Balaban J connectivity index is 1.44. The molecule has 0 saturated heterocycles. The first-order chi connectivity index (χ1) is 13.6. The van der Waals surface area contributed by atoms with Crippen LogP contribution in [0.1, 0.15) is 49.1 Å². The van der Waals surface area contributed by atoms with Gasteiger partial charge in [0.25, 0.3) is 0 Å². The number of carboxylic acids is 1. The maximum Gasteiger partial charge on any atom is 0.407 e. The van der Waals surface area contributed by atoms with Crippen LogP contribution in [0.2, 0.25) is 0 Å². The first-order valence-corrected chi connectivity index (χ1v) is 9.99. The van der Waals surface area contributed by atoms with Crippen LogP contribution >= 0.6 is 0 Å². The highest BCUT2D eigenvalue weighted by molar-refractivity contribution is 5.81. The van der Waals surface area contributed by atoms with Gasteiger partial charge < -0.3 is 15.2 Å². The van der Waals surface area contributed by atoms with Crippen LogP contribution in [0.4, 0.5) is 4.79 Å². The lowest BCUT2D eigenvalue weighted by molar-refractivity contribution is -0.141. The number of hydrogen-bond donors (Lipinski definition) is 2. The molecular weight excluding hydrogens is 354 g/mol. The minimum absolute atomic E-state index is 0.0215. The van der Waals surface area contributed by atoms with Crippen molar-refractivity contribution in [2.75, 3.05) is 6.61 Å². The number of carboxylic acid groups (broad SMARTS) is 1. The van der Waals surface area contributed by atoms with Crippen LogP contribution in [0.3, 0.4) is 0 Å². The summed E-state index contributed by atoms with van der Waals surface area (Å²) in [7, 11) is 0. The van der Waals surface area contributed by atoms with Crippen LogP contribution in [-0.2, 0) is 9.53 Å². The van der Waals surface area contributed by atoms with Gasteiger partial charge in [-0.25, -0.2) is 9.59 Å². The minimum Gasteiger partial charge on any atom is -0.480 e. The molecule has 1 amide bonds. The number of benzene rings is 2. The van der Waals surface area contributed by atoms with Crippen LogP contribution in [0.5, 0.6) is 0 Å². The van der Waals surface area contributed by atoms with E-state index in [2.05, 4.69) is 29.6 Å². The van der Waals surface area contributed by atoms with E-state index in [1.807, 2.05) is 24.3 Å². The Hall–Kier alpha value is -2.82. The molecule has 2 aromatic rings. The average molecular weight is 379 g/mol. The summed E-state index contributed by atoms with van der Waals surface area (Å²) >= 11 is 0. The normalized spacial score (nSPS) is 17.4. The highest BCUT2D eigenvalue weighted by atomic mass is 16.5. The van der Waals surface area contributed by atoms with Gasteiger partial charge in [0, 0.05) is 5.92 Å². The van der Waals surface area contributed by atoms with Crippen molar-refractivity contribution in [3.63, 3.8) is 0 Å². The molecule has 4 rings (SSSR count). The Morgan fingerprint density at radius 3 is 2.11 bits per heavy atom. The Morgan fingerprint density at radius 1 is 0.964 bits per heavy atom. The van der Waals surface area contributed by atoms with Gasteiger partial charge in [0.1, 0.15) is 12.6 Å². The quantitative estimate of drug-likeness (QED) is 0.799. The summed E-state index contributed by atoms with van der Waals surface area (Å²) in [5.41, 5.74) is 4.60. The second-order valence-corrected chi connectivity index (χ2v) is 7.68. The SMILES string of the molecule is O=C(N[C@@H](C(=O)O)C1CCCCC1)OCC1c2ccccc2-c2ccccc21. The smallest absolute Gasteiger partial charge is 0.407 e. The molecule has 0 spiro atoms. The second-order valence-electron chi connectivity index (χ2n) is 7.68. The molecular formula is C23H25NO4. The van der Waals surface area contributed by atoms with Crippen molar-refractivity contribution >= 4 is 12.1 Å². The Labute approximate surface area is 164 Å². The highest BCUT2D eigenvalue weighted by Gasteiger charge is 2.32. The number of alkyl carbamates (subject to hydrolysis) is 1. The lowest BCUT2D eigenvalue weighted by atomic mass is 9.84. The van der Waals surface area contributed by atoms with Crippen molar-refractivity contribution in [3.8, 4) is 11.1 Å². The van der Waals surface area contributed by atoms with E-state index in [1.54, 1.807) is 0 Å². The fourth-order valence-electron chi connectivity index (χ4n) is 4.62. The van der Waals surface area contributed by atoms with Crippen molar-refractivity contribution < 1.29 is 19.4 Å². The summed E-state index contributed by atoms with van der Waals surface area (Å²) in [5, 5.41) is 12.1. The van der Waals surface area contributed by atoms with Gasteiger partial charge in [-0.3, -0.25) is 0 Å². The van der Waals surface area contributed by atoms with Crippen LogP contribution in [0.25, 0.3) is 11.1 Å². The van der Waals surface area contributed by atoms with Crippen LogP contribution < -0.4 is 5.32 Å². The molecule has 0 aliphatic heterocycles. The lowest BCUT2D eigenvalue weighted by Gasteiger charge is -2.27. The predicted molar refractivity (Wildman–Crippen MR) is 106 cm³/mol.